The molecule has 1 rings (SSSR count). The van der Waals surface area contributed by atoms with Crippen molar-refractivity contribution in [2.75, 3.05) is 0 Å². The summed E-state index contributed by atoms with van der Waals surface area (Å²) in [4.78, 5) is 10.4. The summed E-state index contributed by atoms with van der Waals surface area (Å²) >= 11 is 0. The molecule has 0 aromatic heterocycles. The van der Waals surface area contributed by atoms with Crippen LogP contribution in [0.5, 0.6) is 0 Å². The summed E-state index contributed by atoms with van der Waals surface area (Å²) in [6.07, 6.45) is 3.12. The third-order valence-corrected chi connectivity index (χ3v) is 1.29. The molecule has 0 unspecified atom stereocenters. The number of benzene rings is 1. The van der Waals surface area contributed by atoms with Crippen LogP contribution < -0.4 is 0 Å². The van der Waals surface area contributed by atoms with Gasteiger partial charge in [0, 0.05) is 6.92 Å². The van der Waals surface area contributed by atoms with Gasteiger partial charge in [-0.05, 0) is 11.6 Å². The van der Waals surface area contributed by atoms with Crippen LogP contribution in [-0.2, 0) is 9.53 Å². The van der Waals surface area contributed by atoms with Gasteiger partial charge in [-0.25, -0.2) is 0 Å². The Kier molecular flexibility index (Phi) is 3.08. The second kappa shape index (κ2) is 4.34. The van der Waals surface area contributed by atoms with Gasteiger partial charge >= 0.3 is 5.97 Å². The standard InChI is InChI=1S/C10H10O2/c1-9(11)12-8-7-10-5-3-2-4-6-10/h2-8H,1H3/b8-7+. The average molecular weight is 162 g/mol. The minimum Gasteiger partial charge on any atom is -0.435 e. The van der Waals surface area contributed by atoms with Gasteiger partial charge in [-0.15, -0.1) is 0 Å². The molecule has 0 saturated heterocycles. The van der Waals surface area contributed by atoms with Crippen molar-refractivity contribution in [2.24, 2.45) is 0 Å². The van der Waals surface area contributed by atoms with Crippen LogP contribution in [0.25, 0.3) is 6.08 Å². The number of carbonyl (C=O) groups is 1. The zero-order valence-corrected chi connectivity index (χ0v) is 6.86. The van der Waals surface area contributed by atoms with Crippen molar-refractivity contribution in [3.05, 3.63) is 42.2 Å². The molecule has 12 heavy (non-hydrogen) atoms. The van der Waals surface area contributed by atoms with Gasteiger partial charge in [-0.1, -0.05) is 30.3 Å². The van der Waals surface area contributed by atoms with E-state index in [2.05, 4.69) is 4.74 Å². The number of hydrogen-bond donors (Lipinski definition) is 0. The van der Waals surface area contributed by atoms with E-state index in [1.807, 2.05) is 30.3 Å². The van der Waals surface area contributed by atoms with E-state index in [4.69, 9.17) is 0 Å². The zero-order valence-electron chi connectivity index (χ0n) is 6.86. The molecule has 0 bridgehead atoms. The molecule has 2 heteroatoms. The molecule has 0 aliphatic carbocycles. The molecule has 0 aliphatic rings. The van der Waals surface area contributed by atoms with Gasteiger partial charge in [-0.2, -0.15) is 0 Å². The van der Waals surface area contributed by atoms with Crippen LogP contribution in [0, 0.1) is 0 Å². The van der Waals surface area contributed by atoms with Crippen LogP contribution >= 0.6 is 0 Å². The maximum absolute atomic E-state index is 10.4. The Balaban J connectivity index is 2.52. The van der Waals surface area contributed by atoms with Crippen LogP contribution in [0.4, 0.5) is 0 Å². The number of hydrogen-bond acceptors (Lipinski definition) is 2. The molecule has 0 fully saturated rings. The summed E-state index contributed by atoms with van der Waals surface area (Å²) < 4.78 is 4.63. The first kappa shape index (κ1) is 8.53. The predicted octanol–water partition coefficient (Wildman–Crippen LogP) is 2.22. The van der Waals surface area contributed by atoms with Gasteiger partial charge in [0.15, 0.2) is 0 Å². The molecule has 0 amide bonds. The van der Waals surface area contributed by atoms with Crippen LogP contribution in [0.1, 0.15) is 12.5 Å². The number of carbonyl (C=O) groups excluding carboxylic acids is 1. The topological polar surface area (TPSA) is 26.3 Å². The second-order valence-corrected chi connectivity index (χ2v) is 2.32. The van der Waals surface area contributed by atoms with Crippen LogP contribution in [0.15, 0.2) is 36.6 Å². The molecule has 1 aromatic rings. The number of ether oxygens (including phenoxy) is 1. The first-order valence-electron chi connectivity index (χ1n) is 3.68. The Labute approximate surface area is 71.5 Å². The third kappa shape index (κ3) is 3.01. The van der Waals surface area contributed by atoms with E-state index in [1.54, 1.807) is 6.08 Å². The van der Waals surface area contributed by atoms with E-state index in [-0.39, 0.29) is 5.97 Å². The maximum atomic E-state index is 10.4. The highest BCUT2D eigenvalue weighted by Crippen LogP contribution is 2.00. The summed E-state index contributed by atoms with van der Waals surface area (Å²) in [6, 6.07) is 9.64. The highest BCUT2D eigenvalue weighted by Gasteiger charge is 1.85. The third-order valence-electron chi connectivity index (χ3n) is 1.29. The van der Waals surface area contributed by atoms with E-state index < -0.39 is 0 Å². The fourth-order valence-electron chi connectivity index (χ4n) is 0.773. The second-order valence-electron chi connectivity index (χ2n) is 2.32. The van der Waals surface area contributed by atoms with Gasteiger partial charge in [0.1, 0.15) is 0 Å². The predicted molar refractivity (Wildman–Crippen MR) is 47.2 cm³/mol. The summed E-state index contributed by atoms with van der Waals surface area (Å²) in [5.74, 6) is -0.304. The molecular formula is C10H10O2. The zero-order chi connectivity index (χ0) is 8.81. The molecule has 0 heterocycles. The smallest absolute Gasteiger partial charge is 0.307 e. The number of esters is 1. The van der Waals surface area contributed by atoms with Gasteiger partial charge in [0.2, 0.25) is 0 Å². The number of rotatable bonds is 2. The van der Waals surface area contributed by atoms with Gasteiger partial charge in [0.05, 0.1) is 6.26 Å². The molecule has 0 atom stereocenters. The van der Waals surface area contributed by atoms with Crippen LogP contribution in [0.2, 0.25) is 0 Å². The molecule has 0 saturated carbocycles. The van der Waals surface area contributed by atoms with Crippen molar-refractivity contribution in [3.8, 4) is 0 Å². The molecule has 0 spiro atoms. The van der Waals surface area contributed by atoms with Crippen molar-refractivity contribution < 1.29 is 9.53 Å². The fraction of sp³-hybridized carbons (Fsp3) is 0.100. The fourth-order valence-corrected chi connectivity index (χ4v) is 0.773. The maximum Gasteiger partial charge on any atom is 0.307 e. The minimum absolute atomic E-state index is 0.304. The van der Waals surface area contributed by atoms with Gasteiger partial charge < -0.3 is 4.74 Å². The van der Waals surface area contributed by atoms with Crippen LogP contribution in [0.3, 0.4) is 0 Å². The Hall–Kier alpha value is -1.57. The highest BCUT2D eigenvalue weighted by atomic mass is 16.5. The van der Waals surface area contributed by atoms with Crippen molar-refractivity contribution in [2.45, 2.75) is 6.92 Å². The van der Waals surface area contributed by atoms with E-state index >= 15 is 0 Å². The van der Waals surface area contributed by atoms with Crippen molar-refractivity contribution in [3.63, 3.8) is 0 Å². The Bertz CT molecular complexity index is 275. The van der Waals surface area contributed by atoms with E-state index in [0.29, 0.717) is 0 Å². The lowest BCUT2D eigenvalue weighted by atomic mass is 10.2. The van der Waals surface area contributed by atoms with Crippen molar-refractivity contribution >= 4 is 12.0 Å². The summed E-state index contributed by atoms with van der Waals surface area (Å²) in [5.41, 5.74) is 1.01. The molecule has 62 valence electrons. The van der Waals surface area contributed by atoms with Crippen molar-refractivity contribution in [1.82, 2.24) is 0 Å². The monoisotopic (exact) mass is 162 g/mol. The molecule has 0 radical (unpaired) electrons. The van der Waals surface area contributed by atoms with Crippen molar-refractivity contribution in [1.29, 1.82) is 0 Å². The summed E-state index contributed by atoms with van der Waals surface area (Å²) in [5, 5.41) is 0. The first-order valence-corrected chi connectivity index (χ1v) is 3.68. The van der Waals surface area contributed by atoms with E-state index in [0.717, 1.165) is 5.56 Å². The molecule has 0 N–H and O–H groups in total. The molecule has 0 aliphatic heterocycles. The normalized spacial score (nSPS) is 10.1. The lowest BCUT2D eigenvalue weighted by Crippen LogP contribution is -1.88. The lowest BCUT2D eigenvalue weighted by Gasteiger charge is -1.91. The van der Waals surface area contributed by atoms with Crippen LogP contribution in [-0.4, -0.2) is 5.97 Å². The SMILES string of the molecule is CC(=O)O/C=C/c1ccccc1. The Morgan fingerprint density at radius 2 is 2.00 bits per heavy atom. The molecule has 2 nitrogen and oxygen atoms in total. The largest absolute Gasteiger partial charge is 0.435 e. The average Bonchev–Trinajstić information content (AvgIpc) is 2.05. The van der Waals surface area contributed by atoms with Gasteiger partial charge in [-0.3, -0.25) is 4.79 Å². The Morgan fingerprint density at radius 1 is 1.33 bits per heavy atom. The molecule has 1 aromatic carbocycles. The lowest BCUT2D eigenvalue weighted by molar-refractivity contribution is -0.135. The highest BCUT2D eigenvalue weighted by molar-refractivity contribution is 5.67. The van der Waals surface area contributed by atoms with E-state index in [1.165, 1.54) is 13.2 Å². The van der Waals surface area contributed by atoms with E-state index in [9.17, 15) is 4.79 Å². The minimum atomic E-state index is -0.304. The first-order chi connectivity index (χ1) is 5.79. The molecular weight excluding hydrogens is 152 g/mol. The Morgan fingerprint density at radius 3 is 2.58 bits per heavy atom. The van der Waals surface area contributed by atoms with Gasteiger partial charge in [0.25, 0.3) is 0 Å². The summed E-state index contributed by atoms with van der Waals surface area (Å²) in [7, 11) is 0. The summed E-state index contributed by atoms with van der Waals surface area (Å²) in [6.45, 7) is 1.37. The quantitative estimate of drug-likeness (QED) is 0.492.